The minimum Gasteiger partial charge on any atom is -0.495 e. The van der Waals surface area contributed by atoms with E-state index in [9.17, 15) is 4.39 Å². The SMILES string of the molecule is COc1cc(NCc2noc(C)n2)c(F)cc1N. The van der Waals surface area contributed by atoms with Crippen LogP contribution >= 0.6 is 0 Å². The quantitative estimate of drug-likeness (QED) is 0.806. The van der Waals surface area contributed by atoms with Gasteiger partial charge in [0.25, 0.3) is 0 Å². The summed E-state index contributed by atoms with van der Waals surface area (Å²) in [6.07, 6.45) is 0. The second-order valence-corrected chi connectivity index (χ2v) is 3.66. The molecule has 0 radical (unpaired) electrons. The molecule has 0 spiro atoms. The first-order valence-corrected chi connectivity index (χ1v) is 5.26. The standard InChI is InChI=1S/C11H13FN4O2/c1-6-15-11(16-18-6)5-14-9-4-10(17-2)8(13)3-7(9)12/h3-4,14H,5,13H2,1-2H3. The van der Waals surface area contributed by atoms with Crippen molar-refractivity contribution in [1.29, 1.82) is 0 Å². The van der Waals surface area contributed by atoms with E-state index < -0.39 is 5.82 Å². The Labute approximate surface area is 103 Å². The molecule has 7 heteroatoms. The summed E-state index contributed by atoms with van der Waals surface area (Å²) < 4.78 is 23.4. The Balaban J connectivity index is 2.13. The molecule has 0 saturated carbocycles. The lowest BCUT2D eigenvalue weighted by Gasteiger charge is -2.09. The lowest BCUT2D eigenvalue weighted by Crippen LogP contribution is -2.04. The van der Waals surface area contributed by atoms with Crippen LogP contribution in [0.1, 0.15) is 11.7 Å². The van der Waals surface area contributed by atoms with Gasteiger partial charge in [0, 0.05) is 19.1 Å². The van der Waals surface area contributed by atoms with E-state index in [2.05, 4.69) is 15.5 Å². The number of nitrogens with zero attached hydrogens (tertiary/aromatic N) is 2. The summed E-state index contributed by atoms with van der Waals surface area (Å²) in [5.41, 5.74) is 6.09. The molecular formula is C11H13FN4O2. The predicted octanol–water partition coefficient (Wildman–Crippen LogP) is 1.72. The molecule has 2 rings (SSSR count). The number of benzene rings is 1. The Morgan fingerprint density at radius 2 is 2.28 bits per heavy atom. The second-order valence-electron chi connectivity index (χ2n) is 3.66. The number of nitrogen functional groups attached to an aromatic ring is 1. The Bertz CT molecular complexity index is 556. The van der Waals surface area contributed by atoms with E-state index in [-0.39, 0.29) is 17.9 Å². The minimum absolute atomic E-state index is 0.246. The first-order chi connectivity index (χ1) is 8.60. The molecule has 18 heavy (non-hydrogen) atoms. The number of hydrogen-bond donors (Lipinski definition) is 2. The van der Waals surface area contributed by atoms with Crippen LogP contribution in [0.3, 0.4) is 0 Å². The Morgan fingerprint density at radius 3 is 2.89 bits per heavy atom. The molecule has 6 nitrogen and oxygen atoms in total. The highest BCUT2D eigenvalue weighted by molar-refractivity contribution is 5.62. The number of anilines is 2. The van der Waals surface area contributed by atoms with Gasteiger partial charge in [-0.2, -0.15) is 4.98 Å². The van der Waals surface area contributed by atoms with Crippen molar-refractivity contribution in [2.75, 3.05) is 18.2 Å². The third-order valence-corrected chi connectivity index (χ3v) is 2.33. The summed E-state index contributed by atoms with van der Waals surface area (Å²) in [4.78, 5) is 4.00. The van der Waals surface area contributed by atoms with E-state index in [0.717, 1.165) is 0 Å². The summed E-state index contributed by atoms with van der Waals surface area (Å²) in [5.74, 6) is 0.849. The molecule has 1 heterocycles. The number of nitrogens with one attached hydrogen (secondary N) is 1. The summed E-state index contributed by atoms with van der Waals surface area (Å²) >= 11 is 0. The van der Waals surface area contributed by atoms with Gasteiger partial charge in [-0.25, -0.2) is 4.39 Å². The largest absolute Gasteiger partial charge is 0.495 e. The average molecular weight is 252 g/mol. The lowest BCUT2D eigenvalue weighted by atomic mass is 10.2. The first kappa shape index (κ1) is 12.2. The fourth-order valence-electron chi connectivity index (χ4n) is 1.47. The van der Waals surface area contributed by atoms with Gasteiger partial charge in [0.2, 0.25) is 5.89 Å². The van der Waals surface area contributed by atoms with Crippen LogP contribution in [0.5, 0.6) is 5.75 Å². The van der Waals surface area contributed by atoms with Gasteiger partial charge in [-0.15, -0.1) is 0 Å². The number of rotatable bonds is 4. The van der Waals surface area contributed by atoms with Crippen molar-refractivity contribution in [1.82, 2.24) is 10.1 Å². The molecule has 2 aromatic rings. The number of aryl methyl sites for hydroxylation is 1. The van der Waals surface area contributed by atoms with Crippen molar-refractivity contribution in [2.24, 2.45) is 0 Å². The van der Waals surface area contributed by atoms with Crippen LogP contribution < -0.4 is 15.8 Å². The molecule has 1 aromatic carbocycles. The third kappa shape index (κ3) is 2.50. The van der Waals surface area contributed by atoms with Crippen LogP contribution in [-0.4, -0.2) is 17.3 Å². The van der Waals surface area contributed by atoms with E-state index in [1.807, 2.05) is 0 Å². The highest BCUT2D eigenvalue weighted by atomic mass is 19.1. The summed E-state index contributed by atoms with van der Waals surface area (Å²) in [6, 6.07) is 2.68. The molecule has 0 bridgehead atoms. The van der Waals surface area contributed by atoms with Crippen LogP contribution in [0.4, 0.5) is 15.8 Å². The Morgan fingerprint density at radius 1 is 1.50 bits per heavy atom. The number of methoxy groups -OCH3 is 1. The molecule has 3 N–H and O–H groups in total. The molecule has 0 atom stereocenters. The Hall–Kier alpha value is -2.31. The molecule has 1 aromatic heterocycles. The lowest BCUT2D eigenvalue weighted by molar-refractivity contribution is 0.388. The van der Waals surface area contributed by atoms with Gasteiger partial charge in [0.05, 0.1) is 25.0 Å². The van der Waals surface area contributed by atoms with Crippen molar-refractivity contribution in [3.8, 4) is 5.75 Å². The van der Waals surface area contributed by atoms with Gasteiger partial charge in [-0.3, -0.25) is 0 Å². The predicted molar refractivity (Wildman–Crippen MR) is 63.7 cm³/mol. The summed E-state index contributed by atoms with van der Waals surface area (Å²) in [7, 11) is 1.47. The average Bonchev–Trinajstić information content (AvgIpc) is 2.74. The van der Waals surface area contributed by atoms with Gasteiger partial charge < -0.3 is 20.3 Å². The highest BCUT2D eigenvalue weighted by Gasteiger charge is 2.09. The molecule has 96 valence electrons. The number of ether oxygens (including phenoxy) is 1. The molecule has 0 fully saturated rings. The molecule has 0 aliphatic carbocycles. The first-order valence-electron chi connectivity index (χ1n) is 5.26. The topological polar surface area (TPSA) is 86.2 Å². The monoisotopic (exact) mass is 252 g/mol. The molecule has 0 aliphatic heterocycles. The smallest absolute Gasteiger partial charge is 0.223 e. The number of nitrogens with two attached hydrogens (primary N) is 1. The van der Waals surface area contributed by atoms with Crippen molar-refractivity contribution in [2.45, 2.75) is 13.5 Å². The van der Waals surface area contributed by atoms with Crippen molar-refractivity contribution in [3.63, 3.8) is 0 Å². The maximum Gasteiger partial charge on any atom is 0.223 e. The fraction of sp³-hybridized carbons (Fsp3) is 0.273. The molecule has 0 aliphatic rings. The second kappa shape index (κ2) is 4.91. The number of aromatic nitrogens is 2. The van der Waals surface area contributed by atoms with Crippen LogP contribution in [0, 0.1) is 12.7 Å². The van der Waals surface area contributed by atoms with Crippen LogP contribution in [0.25, 0.3) is 0 Å². The van der Waals surface area contributed by atoms with Gasteiger partial charge in [-0.05, 0) is 0 Å². The third-order valence-electron chi connectivity index (χ3n) is 2.33. The maximum absolute atomic E-state index is 13.6. The molecule has 0 unspecified atom stereocenters. The maximum atomic E-state index is 13.6. The zero-order valence-electron chi connectivity index (χ0n) is 10.0. The molecule has 0 amide bonds. The van der Waals surface area contributed by atoms with Crippen molar-refractivity contribution < 1.29 is 13.7 Å². The zero-order chi connectivity index (χ0) is 13.1. The van der Waals surface area contributed by atoms with Gasteiger partial charge in [-0.1, -0.05) is 5.16 Å². The van der Waals surface area contributed by atoms with E-state index in [1.165, 1.54) is 19.2 Å². The van der Waals surface area contributed by atoms with E-state index in [0.29, 0.717) is 17.5 Å². The molecular weight excluding hydrogens is 239 g/mol. The number of hydrogen-bond acceptors (Lipinski definition) is 6. The van der Waals surface area contributed by atoms with E-state index >= 15 is 0 Å². The fourth-order valence-corrected chi connectivity index (χ4v) is 1.47. The highest BCUT2D eigenvalue weighted by Crippen LogP contribution is 2.28. The van der Waals surface area contributed by atoms with Crippen molar-refractivity contribution in [3.05, 3.63) is 29.7 Å². The van der Waals surface area contributed by atoms with Crippen molar-refractivity contribution >= 4 is 11.4 Å². The normalized spacial score (nSPS) is 10.4. The summed E-state index contributed by atoms with van der Waals surface area (Å²) in [6.45, 7) is 1.94. The minimum atomic E-state index is -0.464. The van der Waals surface area contributed by atoms with Crippen LogP contribution in [0.15, 0.2) is 16.7 Å². The van der Waals surface area contributed by atoms with Crippen LogP contribution in [-0.2, 0) is 6.54 Å². The zero-order valence-corrected chi connectivity index (χ0v) is 10.0. The van der Waals surface area contributed by atoms with Gasteiger partial charge >= 0.3 is 0 Å². The van der Waals surface area contributed by atoms with Gasteiger partial charge in [0.1, 0.15) is 11.6 Å². The Kier molecular flexibility index (Phi) is 3.31. The summed E-state index contributed by atoms with van der Waals surface area (Å²) in [5, 5.41) is 6.54. The van der Waals surface area contributed by atoms with E-state index in [4.69, 9.17) is 15.0 Å². The number of halogens is 1. The van der Waals surface area contributed by atoms with Gasteiger partial charge in [0.15, 0.2) is 5.82 Å². The molecule has 0 saturated heterocycles. The van der Waals surface area contributed by atoms with E-state index in [1.54, 1.807) is 6.92 Å². The van der Waals surface area contributed by atoms with Crippen LogP contribution in [0.2, 0.25) is 0 Å².